The molecule has 1 aliphatic heterocycles. The van der Waals surface area contributed by atoms with E-state index in [1.807, 2.05) is 31.5 Å². The van der Waals surface area contributed by atoms with Crippen molar-refractivity contribution in [1.29, 1.82) is 0 Å². The Labute approximate surface area is 185 Å². The van der Waals surface area contributed by atoms with Gasteiger partial charge in [-0.15, -0.1) is 0 Å². The second-order valence-electron chi connectivity index (χ2n) is 8.99. The molecular formula is C24H28N4O4. The molecule has 2 aromatic heterocycles. The van der Waals surface area contributed by atoms with E-state index in [-0.39, 0.29) is 17.6 Å². The van der Waals surface area contributed by atoms with Crippen molar-refractivity contribution in [2.75, 3.05) is 25.0 Å². The number of carboxylic acid groups (broad SMARTS) is 1. The van der Waals surface area contributed by atoms with Crippen LogP contribution in [0.15, 0.2) is 33.7 Å². The smallest absolute Gasteiger partial charge is 0.341 e. The van der Waals surface area contributed by atoms with Gasteiger partial charge in [0.2, 0.25) is 11.3 Å². The molecule has 3 aromatic rings. The summed E-state index contributed by atoms with van der Waals surface area (Å²) in [6.45, 7) is 5.68. The molecule has 2 fully saturated rings. The van der Waals surface area contributed by atoms with Crippen molar-refractivity contribution in [1.82, 2.24) is 14.9 Å². The van der Waals surface area contributed by atoms with Gasteiger partial charge < -0.3 is 24.3 Å². The van der Waals surface area contributed by atoms with Crippen LogP contribution in [0.2, 0.25) is 0 Å². The van der Waals surface area contributed by atoms with Gasteiger partial charge in [0.05, 0.1) is 17.8 Å². The van der Waals surface area contributed by atoms with E-state index in [1.165, 1.54) is 6.20 Å². The van der Waals surface area contributed by atoms with Crippen LogP contribution >= 0.6 is 0 Å². The topological polar surface area (TPSA) is 101 Å². The first kappa shape index (κ1) is 20.8. The van der Waals surface area contributed by atoms with Gasteiger partial charge in [-0.3, -0.25) is 4.79 Å². The molecule has 8 heteroatoms. The fourth-order valence-electron chi connectivity index (χ4n) is 5.10. The highest BCUT2D eigenvalue weighted by Gasteiger charge is 2.34. The number of anilines is 1. The van der Waals surface area contributed by atoms with Crippen LogP contribution in [0.5, 0.6) is 0 Å². The number of carboxylic acids is 1. The Morgan fingerprint density at radius 2 is 2.06 bits per heavy atom. The molecule has 5 rings (SSSR count). The number of pyridine rings is 1. The number of hydrogen-bond acceptors (Lipinski definition) is 6. The van der Waals surface area contributed by atoms with Crippen molar-refractivity contribution < 1.29 is 14.3 Å². The SMILES string of the molecule is CNC(c1ncc(C)o1)C1CCN(c2ccc3c(=O)c(C(=O)O)cn(C4CC4)c3c2C)C1. The standard InChI is InChI=1S/C24H28N4O4/c1-13-10-26-23(32-13)20(25-3)15-8-9-27(11-15)19-7-6-17-21(14(19)2)28(16-4-5-16)12-18(22(17)29)24(30)31/h6-7,10,12,15-16,20,25H,4-5,8-9,11H2,1-3H3,(H,30,31). The predicted molar refractivity (Wildman–Crippen MR) is 122 cm³/mol. The van der Waals surface area contributed by atoms with E-state index in [1.54, 1.807) is 12.3 Å². The van der Waals surface area contributed by atoms with E-state index in [2.05, 4.69) is 15.2 Å². The van der Waals surface area contributed by atoms with E-state index < -0.39 is 11.4 Å². The minimum absolute atomic E-state index is 0.0391. The number of aryl methyl sites for hydroxylation is 2. The van der Waals surface area contributed by atoms with Crippen LogP contribution < -0.4 is 15.6 Å². The second kappa shape index (κ2) is 7.78. The van der Waals surface area contributed by atoms with Gasteiger partial charge in [0.15, 0.2) is 0 Å². The number of hydrogen-bond donors (Lipinski definition) is 2. The molecule has 3 heterocycles. The van der Waals surface area contributed by atoms with E-state index >= 15 is 0 Å². The Bertz CT molecular complexity index is 1260. The Hall–Kier alpha value is -3.13. The minimum Gasteiger partial charge on any atom is -0.477 e. The lowest BCUT2D eigenvalue weighted by Crippen LogP contribution is -2.29. The molecule has 0 amide bonds. The van der Waals surface area contributed by atoms with E-state index in [0.717, 1.165) is 60.8 Å². The molecule has 2 N–H and O–H groups in total. The van der Waals surface area contributed by atoms with Gasteiger partial charge in [-0.05, 0) is 57.9 Å². The van der Waals surface area contributed by atoms with Gasteiger partial charge in [0.1, 0.15) is 11.3 Å². The largest absolute Gasteiger partial charge is 0.477 e. The van der Waals surface area contributed by atoms with Crippen LogP contribution in [-0.4, -0.2) is 40.8 Å². The van der Waals surface area contributed by atoms with Crippen molar-refractivity contribution >= 4 is 22.6 Å². The molecule has 2 atom stereocenters. The lowest BCUT2D eigenvalue weighted by Gasteiger charge is -2.25. The molecule has 2 aliphatic rings. The summed E-state index contributed by atoms with van der Waals surface area (Å²) in [6, 6.07) is 4.07. The fraction of sp³-hybridized carbons (Fsp3) is 0.458. The Morgan fingerprint density at radius 3 is 2.69 bits per heavy atom. The molecule has 1 saturated carbocycles. The number of nitrogens with one attached hydrogen (secondary N) is 1. The van der Waals surface area contributed by atoms with Gasteiger partial charge in [-0.2, -0.15) is 0 Å². The van der Waals surface area contributed by atoms with Crippen LogP contribution in [0.25, 0.3) is 10.9 Å². The lowest BCUT2D eigenvalue weighted by atomic mass is 9.99. The summed E-state index contributed by atoms with van der Waals surface area (Å²) in [7, 11) is 1.93. The number of aromatic nitrogens is 2. The molecule has 0 bridgehead atoms. The molecule has 2 unspecified atom stereocenters. The molecule has 1 aliphatic carbocycles. The number of benzene rings is 1. The lowest BCUT2D eigenvalue weighted by molar-refractivity contribution is 0.0695. The van der Waals surface area contributed by atoms with Crippen LogP contribution in [0.3, 0.4) is 0 Å². The summed E-state index contributed by atoms with van der Waals surface area (Å²) in [5, 5.41) is 13.4. The number of oxazole rings is 1. The monoisotopic (exact) mass is 436 g/mol. The predicted octanol–water partition coefficient (Wildman–Crippen LogP) is 3.43. The highest BCUT2D eigenvalue weighted by atomic mass is 16.4. The Kier molecular flexibility index (Phi) is 5.04. The quantitative estimate of drug-likeness (QED) is 0.611. The maximum Gasteiger partial charge on any atom is 0.341 e. The average Bonchev–Trinajstić information content (AvgIpc) is 3.35. The van der Waals surface area contributed by atoms with Gasteiger partial charge in [0, 0.05) is 42.3 Å². The summed E-state index contributed by atoms with van der Waals surface area (Å²) < 4.78 is 7.80. The first-order chi connectivity index (χ1) is 15.4. The van der Waals surface area contributed by atoms with Gasteiger partial charge in [-0.25, -0.2) is 9.78 Å². The van der Waals surface area contributed by atoms with Gasteiger partial charge >= 0.3 is 5.97 Å². The van der Waals surface area contributed by atoms with Crippen molar-refractivity contribution in [3.05, 3.63) is 57.5 Å². The zero-order valence-electron chi connectivity index (χ0n) is 18.6. The number of rotatable bonds is 6. The fourth-order valence-corrected chi connectivity index (χ4v) is 5.10. The van der Waals surface area contributed by atoms with Crippen LogP contribution in [0.1, 0.15) is 58.9 Å². The van der Waals surface area contributed by atoms with E-state index in [4.69, 9.17) is 4.42 Å². The van der Waals surface area contributed by atoms with Crippen molar-refractivity contribution in [3.8, 4) is 0 Å². The minimum atomic E-state index is -1.17. The van der Waals surface area contributed by atoms with E-state index in [9.17, 15) is 14.7 Å². The third kappa shape index (κ3) is 3.39. The molecule has 8 nitrogen and oxygen atoms in total. The van der Waals surface area contributed by atoms with Crippen LogP contribution in [0.4, 0.5) is 5.69 Å². The van der Waals surface area contributed by atoms with E-state index in [0.29, 0.717) is 11.3 Å². The number of nitrogens with zero attached hydrogens (tertiary/aromatic N) is 3. The molecule has 168 valence electrons. The summed E-state index contributed by atoms with van der Waals surface area (Å²) in [5.74, 6) is 0.693. The normalized spacial score (nSPS) is 19.6. The highest BCUT2D eigenvalue weighted by molar-refractivity contribution is 5.95. The molecule has 32 heavy (non-hydrogen) atoms. The summed E-state index contributed by atoms with van der Waals surface area (Å²) >= 11 is 0. The van der Waals surface area contributed by atoms with Gasteiger partial charge in [0.25, 0.3) is 0 Å². The number of aromatic carboxylic acids is 1. The molecule has 0 radical (unpaired) electrons. The third-order valence-electron chi connectivity index (χ3n) is 6.84. The molecular weight excluding hydrogens is 408 g/mol. The number of carbonyl (C=O) groups is 1. The molecule has 1 aromatic carbocycles. The average molecular weight is 437 g/mol. The van der Waals surface area contributed by atoms with Crippen LogP contribution in [0, 0.1) is 19.8 Å². The Balaban J connectivity index is 1.52. The zero-order valence-corrected chi connectivity index (χ0v) is 18.6. The zero-order chi connectivity index (χ0) is 22.6. The number of fused-ring (bicyclic) bond motifs is 1. The maximum atomic E-state index is 12.9. The first-order valence-electron chi connectivity index (χ1n) is 11.1. The maximum absolute atomic E-state index is 12.9. The second-order valence-corrected chi connectivity index (χ2v) is 8.99. The third-order valence-corrected chi connectivity index (χ3v) is 6.84. The van der Waals surface area contributed by atoms with Gasteiger partial charge in [-0.1, -0.05) is 0 Å². The van der Waals surface area contributed by atoms with Crippen LogP contribution in [-0.2, 0) is 0 Å². The van der Waals surface area contributed by atoms with Crippen molar-refractivity contribution in [3.63, 3.8) is 0 Å². The highest BCUT2D eigenvalue weighted by Crippen LogP contribution is 2.40. The van der Waals surface area contributed by atoms with Crippen molar-refractivity contribution in [2.45, 2.75) is 45.2 Å². The first-order valence-corrected chi connectivity index (χ1v) is 11.1. The summed E-state index contributed by atoms with van der Waals surface area (Å²) in [6.07, 6.45) is 6.30. The molecule has 1 saturated heterocycles. The Morgan fingerprint density at radius 1 is 1.28 bits per heavy atom. The summed E-state index contributed by atoms with van der Waals surface area (Å²) in [5.41, 5.74) is 2.41. The summed E-state index contributed by atoms with van der Waals surface area (Å²) in [4.78, 5) is 31.3. The van der Waals surface area contributed by atoms with Crippen molar-refractivity contribution in [2.24, 2.45) is 5.92 Å². The molecule has 0 spiro atoms.